The van der Waals surface area contributed by atoms with Crippen molar-refractivity contribution in [3.05, 3.63) is 35.4 Å². The van der Waals surface area contributed by atoms with Crippen LogP contribution in [-0.4, -0.2) is 29.9 Å². The van der Waals surface area contributed by atoms with Crippen molar-refractivity contribution in [1.82, 2.24) is 4.90 Å². The van der Waals surface area contributed by atoms with Gasteiger partial charge in [0.2, 0.25) is 5.91 Å². The van der Waals surface area contributed by atoms with Gasteiger partial charge in [-0.25, -0.2) is 0 Å². The van der Waals surface area contributed by atoms with E-state index >= 15 is 0 Å². The topological polar surface area (TPSA) is 46.3 Å². The van der Waals surface area contributed by atoms with Crippen molar-refractivity contribution in [3.63, 3.8) is 0 Å². The highest BCUT2D eigenvalue weighted by molar-refractivity contribution is 5.80. The van der Waals surface area contributed by atoms with E-state index in [2.05, 4.69) is 36.1 Å². The summed E-state index contributed by atoms with van der Waals surface area (Å²) in [5.74, 6) is 1.18. The van der Waals surface area contributed by atoms with Gasteiger partial charge >= 0.3 is 0 Å². The molecule has 1 saturated heterocycles. The van der Waals surface area contributed by atoms with Crippen molar-refractivity contribution >= 4 is 5.91 Å². The minimum absolute atomic E-state index is 0.155. The van der Waals surface area contributed by atoms with Crippen LogP contribution in [0.1, 0.15) is 37.3 Å². The molecule has 0 spiro atoms. The first-order valence-electron chi connectivity index (χ1n) is 8.26. The van der Waals surface area contributed by atoms with Crippen LogP contribution in [0.2, 0.25) is 0 Å². The number of hydrogen-bond acceptors (Lipinski definition) is 2. The molecule has 3 heteroatoms. The molecule has 1 fully saturated rings. The molecular weight excluding hydrogens is 260 g/mol. The second-order valence-corrected chi connectivity index (χ2v) is 6.76. The van der Waals surface area contributed by atoms with Gasteiger partial charge in [0.05, 0.1) is 0 Å². The van der Waals surface area contributed by atoms with Crippen LogP contribution in [0.3, 0.4) is 0 Å². The highest BCUT2D eigenvalue weighted by Gasteiger charge is 2.34. The summed E-state index contributed by atoms with van der Waals surface area (Å²) in [6.07, 6.45) is 5.10. The summed E-state index contributed by atoms with van der Waals surface area (Å²) in [5.41, 5.74) is 8.68. The van der Waals surface area contributed by atoms with E-state index in [1.54, 1.807) is 0 Å². The molecule has 3 atom stereocenters. The van der Waals surface area contributed by atoms with Crippen molar-refractivity contribution in [1.29, 1.82) is 0 Å². The third kappa shape index (κ3) is 2.98. The van der Waals surface area contributed by atoms with Crippen LogP contribution in [0, 0.1) is 11.8 Å². The highest BCUT2D eigenvalue weighted by Crippen LogP contribution is 2.30. The molecule has 0 radical (unpaired) electrons. The highest BCUT2D eigenvalue weighted by atomic mass is 16.2. The van der Waals surface area contributed by atoms with E-state index in [0.717, 1.165) is 38.6 Å². The van der Waals surface area contributed by atoms with Crippen molar-refractivity contribution < 1.29 is 4.79 Å². The number of rotatable bonds is 2. The zero-order valence-electron chi connectivity index (χ0n) is 12.9. The summed E-state index contributed by atoms with van der Waals surface area (Å²) < 4.78 is 0. The van der Waals surface area contributed by atoms with Gasteiger partial charge in [-0.15, -0.1) is 0 Å². The lowest BCUT2D eigenvalue weighted by atomic mass is 9.82. The Labute approximate surface area is 127 Å². The molecule has 21 heavy (non-hydrogen) atoms. The molecule has 0 bridgehead atoms. The van der Waals surface area contributed by atoms with E-state index in [4.69, 9.17) is 5.73 Å². The molecule has 2 N–H and O–H groups in total. The number of piperidine rings is 1. The zero-order chi connectivity index (χ0) is 14.8. The number of aryl methyl sites for hydroxylation is 1. The first-order valence-corrected chi connectivity index (χ1v) is 8.26. The predicted molar refractivity (Wildman–Crippen MR) is 84.9 cm³/mol. The predicted octanol–water partition coefficient (Wildman–Crippen LogP) is 2.38. The summed E-state index contributed by atoms with van der Waals surface area (Å²) >= 11 is 0. The normalized spacial score (nSPS) is 29.0. The average Bonchev–Trinajstić information content (AvgIpc) is 2.53. The Bertz CT molecular complexity index is 514. The van der Waals surface area contributed by atoms with Crippen LogP contribution >= 0.6 is 0 Å². The molecule has 0 aromatic heterocycles. The van der Waals surface area contributed by atoms with Crippen LogP contribution in [0.25, 0.3) is 0 Å². The Morgan fingerprint density at radius 2 is 2.05 bits per heavy atom. The lowest BCUT2D eigenvalue weighted by molar-refractivity contribution is -0.140. The Morgan fingerprint density at radius 1 is 1.29 bits per heavy atom. The number of nitrogens with zero attached hydrogens (tertiary/aromatic N) is 1. The monoisotopic (exact) mass is 286 g/mol. The maximum Gasteiger partial charge on any atom is 0.226 e. The second-order valence-electron chi connectivity index (χ2n) is 6.76. The maximum absolute atomic E-state index is 12.9. The van der Waals surface area contributed by atoms with Gasteiger partial charge in [-0.05, 0) is 49.1 Å². The van der Waals surface area contributed by atoms with Crippen LogP contribution in [0.5, 0.6) is 0 Å². The third-order valence-electron chi connectivity index (χ3n) is 5.23. The molecule has 0 saturated carbocycles. The molecule has 1 aromatic rings. The molecule has 3 unspecified atom stereocenters. The summed E-state index contributed by atoms with van der Waals surface area (Å²) in [6.45, 7) is 3.75. The first kappa shape index (κ1) is 14.6. The number of nitrogens with two attached hydrogens (primary N) is 1. The molecule has 1 aliphatic carbocycles. The number of amides is 1. The summed E-state index contributed by atoms with van der Waals surface area (Å²) in [4.78, 5) is 15.0. The SMILES string of the molecule is CC1CCN(C(=O)C2CCc3ccccc3C2)C(CN)C1. The first-order chi connectivity index (χ1) is 10.2. The lowest BCUT2D eigenvalue weighted by Crippen LogP contribution is -2.51. The van der Waals surface area contributed by atoms with Gasteiger partial charge in [-0.2, -0.15) is 0 Å². The molecule has 1 heterocycles. The second kappa shape index (κ2) is 6.18. The zero-order valence-corrected chi connectivity index (χ0v) is 12.9. The van der Waals surface area contributed by atoms with Gasteiger partial charge in [0.25, 0.3) is 0 Å². The average molecular weight is 286 g/mol. The van der Waals surface area contributed by atoms with Crippen molar-refractivity contribution in [2.75, 3.05) is 13.1 Å². The van der Waals surface area contributed by atoms with E-state index in [0.29, 0.717) is 18.4 Å². The molecule has 1 aromatic carbocycles. The fourth-order valence-corrected chi connectivity index (χ4v) is 3.91. The Kier molecular flexibility index (Phi) is 4.29. The molecule has 3 rings (SSSR count). The summed E-state index contributed by atoms with van der Waals surface area (Å²) in [6, 6.07) is 8.79. The largest absolute Gasteiger partial charge is 0.338 e. The van der Waals surface area contributed by atoms with Gasteiger partial charge in [0.1, 0.15) is 0 Å². The fourth-order valence-electron chi connectivity index (χ4n) is 3.91. The smallest absolute Gasteiger partial charge is 0.226 e. The van der Waals surface area contributed by atoms with Gasteiger partial charge in [-0.1, -0.05) is 31.2 Å². The van der Waals surface area contributed by atoms with Crippen LogP contribution < -0.4 is 5.73 Å². The number of hydrogen-bond donors (Lipinski definition) is 1. The number of carbonyl (C=O) groups excluding carboxylic acids is 1. The minimum atomic E-state index is 0.155. The number of carbonyl (C=O) groups is 1. The Balaban J connectivity index is 1.71. The summed E-state index contributed by atoms with van der Waals surface area (Å²) in [7, 11) is 0. The number of fused-ring (bicyclic) bond motifs is 1. The van der Waals surface area contributed by atoms with E-state index in [1.165, 1.54) is 11.1 Å². The molecule has 2 aliphatic rings. The van der Waals surface area contributed by atoms with E-state index in [1.807, 2.05) is 0 Å². The third-order valence-corrected chi connectivity index (χ3v) is 5.23. The molecule has 3 nitrogen and oxygen atoms in total. The lowest BCUT2D eigenvalue weighted by Gasteiger charge is -2.40. The van der Waals surface area contributed by atoms with Gasteiger partial charge in [0.15, 0.2) is 0 Å². The molecule has 1 amide bonds. The van der Waals surface area contributed by atoms with Crippen molar-refractivity contribution in [3.8, 4) is 0 Å². The molecule has 114 valence electrons. The van der Waals surface area contributed by atoms with E-state index in [9.17, 15) is 4.79 Å². The standard InChI is InChI=1S/C18H26N2O/c1-13-8-9-20(17(10-13)12-19)18(21)16-7-6-14-4-2-3-5-15(14)11-16/h2-5,13,16-17H,6-12,19H2,1H3. The molecule has 1 aliphatic heterocycles. The number of likely N-dealkylation sites (tertiary alicyclic amines) is 1. The van der Waals surface area contributed by atoms with Crippen LogP contribution in [-0.2, 0) is 17.6 Å². The van der Waals surface area contributed by atoms with Crippen LogP contribution in [0.4, 0.5) is 0 Å². The van der Waals surface area contributed by atoms with Crippen molar-refractivity contribution in [2.45, 2.75) is 45.1 Å². The van der Waals surface area contributed by atoms with Crippen molar-refractivity contribution in [2.24, 2.45) is 17.6 Å². The molecular formula is C18H26N2O. The quantitative estimate of drug-likeness (QED) is 0.907. The van der Waals surface area contributed by atoms with Gasteiger partial charge < -0.3 is 10.6 Å². The van der Waals surface area contributed by atoms with Crippen LogP contribution in [0.15, 0.2) is 24.3 Å². The van der Waals surface area contributed by atoms with E-state index < -0.39 is 0 Å². The Hall–Kier alpha value is -1.35. The van der Waals surface area contributed by atoms with E-state index in [-0.39, 0.29) is 12.0 Å². The number of benzene rings is 1. The van der Waals surface area contributed by atoms with Gasteiger partial charge in [0, 0.05) is 25.0 Å². The maximum atomic E-state index is 12.9. The fraction of sp³-hybridized carbons (Fsp3) is 0.611. The minimum Gasteiger partial charge on any atom is -0.338 e. The van der Waals surface area contributed by atoms with Gasteiger partial charge in [-0.3, -0.25) is 4.79 Å². The summed E-state index contributed by atoms with van der Waals surface area (Å²) in [5, 5.41) is 0. The Morgan fingerprint density at radius 3 is 2.81 bits per heavy atom.